The van der Waals surface area contributed by atoms with Crippen LogP contribution >= 0.6 is 0 Å². The lowest BCUT2D eigenvalue weighted by atomic mass is 10.0. The van der Waals surface area contributed by atoms with Crippen molar-refractivity contribution in [1.29, 1.82) is 0 Å². The Hall–Kier alpha value is -0.813. The first-order chi connectivity index (χ1) is 12.7. The number of hydrogen-bond donors (Lipinski definition) is 0. The van der Waals surface area contributed by atoms with E-state index in [-0.39, 0.29) is 17.2 Å². The van der Waals surface area contributed by atoms with Gasteiger partial charge in [0.15, 0.2) is 8.32 Å². The molecule has 0 N–H and O–H groups in total. The second-order valence-corrected chi connectivity index (χ2v) is 15.1. The molecule has 0 saturated heterocycles. The summed E-state index contributed by atoms with van der Waals surface area (Å²) in [6.07, 6.45) is 8.04. The van der Waals surface area contributed by atoms with E-state index in [1.54, 1.807) is 0 Å². The Morgan fingerprint density at radius 1 is 1.11 bits per heavy atom. The van der Waals surface area contributed by atoms with Crippen LogP contribution in [0.2, 0.25) is 18.1 Å². The smallest absolute Gasteiger partial charge is 0.410 e. The number of hydrogen-bond acceptors (Lipinski definition) is 3. The van der Waals surface area contributed by atoms with Crippen molar-refractivity contribution in [3.05, 3.63) is 12.7 Å². The number of nitrogens with zero attached hydrogens (tertiary/aromatic N) is 1. The highest BCUT2D eigenvalue weighted by atomic mass is 28.4. The molecule has 0 heterocycles. The summed E-state index contributed by atoms with van der Waals surface area (Å²) in [5.74, 6) is 0. The summed E-state index contributed by atoms with van der Waals surface area (Å²) in [4.78, 5) is 14.9. The predicted molar refractivity (Wildman–Crippen MR) is 123 cm³/mol. The van der Waals surface area contributed by atoms with Gasteiger partial charge in [-0.1, -0.05) is 46.6 Å². The van der Waals surface area contributed by atoms with E-state index < -0.39 is 13.9 Å². The average molecular weight is 414 g/mol. The van der Waals surface area contributed by atoms with Crippen LogP contribution in [-0.4, -0.2) is 44.1 Å². The van der Waals surface area contributed by atoms with Crippen molar-refractivity contribution in [3.63, 3.8) is 0 Å². The Labute approximate surface area is 176 Å². The second-order valence-electron chi connectivity index (χ2n) is 10.3. The van der Waals surface area contributed by atoms with Gasteiger partial charge >= 0.3 is 6.09 Å². The number of carbonyl (C=O) groups excluding carboxylic acids is 1. The lowest BCUT2D eigenvalue weighted by molar-refractivity contribution is 0.0105. The number of ether oxygens (including phenoxy) is 1. The van der Waals surface area contributed by atoms with Crippen LogP contribution in [0.1, 0.15) is 87.0 Å². The number of amides is 1. The molecule has 0 aliphatic carbocycles. The second kappa shape index (κ2) is 12.0. The fourth-order valence-electron chi connectivity index (χ4n) is 2.82. The number of unbranched alkanes of at least 4 members (excludes halogenated alkanes) is 2. The van der Waals surface area contributed by atoms with E-state index in [9.17, 15) is 4.79 Å². The summed E-state index contributed by atoms with van der Waals surface area (Å²) in [5.41, 5.74) is -0.491. The zero-order valence-corrected chi connectivity index (χ0v) is 21.2. The van der Waals surface area contributed by atoms with Crippen LogP contribution < -0.4 is 0 Å². The van der Waals surface area contributed by atoms with Gasteiger partial charge in [0.2, 0.25) is 0 Å². The molecule has 0 fully saturated rings. The zero-order chi connectivity index (χ0) is 22.0. The van der Waals surface area contributed by atoms with Crippen molar-refractivity contribution in [2.45, 2.75) is 117 Å². The molecule has 0 bridgehead atoms. The summed E-state index contributed by atoms with van der Waals surface area (Å²) in [6, 6.07) is 0.202. The molecule has 5 heteroatoms. The van der Waals surface area contributed by atoms with Crippen LogP contribution in [0.15, 0.2) is 12.7 Å². The molecule has 1 amide bonds. The van der Waals surface area contributed by atoms with Crippen LogP contribution in [0.5, 0.6) is 0 Å². The van der Waals surface area contributed by atoms with Gasteiger partial charge in [0.05, 0.1) is 6.61 Å². The maximum Gasteiger partial charge on any atom is 0.410 e. The van der Waals surface area contributed by atoms with Crippen molar-refractivity contribution in [3.8, 4) is 0 Å². The summed E-state index contributed by atoms with van der Waals surface area (Å²) in [6.45, 7) is 24.1. The summed E-state index contributed by atoms with van der Waals surface area (Å²) in [5, 5.41) is 0.164. The van der Waals surface area contributed by atoms with Crippen molar-refractivity contribution in [2.75, 3.05) is 13.2 Å². The lowest BCUT2D eigenvalue weighted by Crippen LogP contribution is -2.47. The third kappa shape index (κ3) is 10.7. The van der Waals surface area contributed by atoms with E-state index in [4.69, 9.17) is 9.16 Å². The number of rotatable bonds is 12. The maximum absolute atomic E-state index is 13.0. The Morgan fingerprint density at radius 2 is 1.71 bits per heavy atom. The molecule has 0 aliphatic heterocycles. The first kappa shape index (κ1) is 27.2. The highest BCUT2D eigenvalue weighted by Crippen LogP contribution is 2.36. The van der Waals surface area contributed by atoms with Crippen LogP contribution in [0.3, 0.4) is 0 Å². The van der Waals surface area contributed by atoms with Crippen molar-refractivity contribution in [2.24, 2.45) is 0 Å². The molecule has 0 unspecified atom stereocenters. The molecule has 0 aliphatic rings. The van der Waals surface area contributed by atoms with Crippen LogP contribution in [-0.2, 0) is 9.16 Å². The van der Waals surface area contributed by atoms with Gasteiger partial charge in [-0.05, 0) is 64.6 Å². The van der Waals surface area contributed by atoms with Gasteiger partial charge in [0.25, 0.3) is 0 Å². The number of allylic oxidation sites excluding steroid dienone is 1. The summed E-state index contributed by atoms with van der Waals surface area (Å²) in [7, 11) is -1.83. The minimum Gasteiger partial charge on any atom is -0.444 e. The Balaban J connectivity index is 5.19. The molecular weight excluding hydrogens is 366 g/mol. The largest absolute Gasteiger partial charge is 0.444 e. The standard InChI is InChI=1S/C23H47NO3Si/c1-11-13-14-15-17-20(16-12-2)24(21(25)27-22(3,4)5)18-19-26-28(9,10)23(6,7)8/h11,20H,1,12-19H2,2-10H3/t20-/m0/s1. The Kier molecular flexibility index (Phi) is 11.7. The van der Waals surface area contributed by atoms with Crippen molar-refractivity contribution in [1.82, 2.24) is 4.90 Å². The molecule has 28 heavy (non-hydrogen) atoms. The maximum atomic E-state index is 13.0. The van der Waals surface area contributed by atoms with Gasteiger partial charge in [-0.2, -0.15) is 0 Å². The molecule has 166 valence electrons. The van der Waals surface area contributed by atoms with Gasteiger partial charge in [-0.3, -0.25) is 0 Å². The van der Waals surface area contributed by atoms with Crippen LogP contribution in [0.4, 0.5) is 4.79 Å². The predicted octanol–water partition coefficient (Wildman–Crippen LogP) is 7.16. The van der Waals surface area contributed by atoms with Crippen molar-refractivity contribution >= 4 is 14.4 Å². The monoisotopic (exact) mass is 413 g/mol. The molecule has 4 nitrogen and oxygen atoms in total. The lowest BCUT2D eigenvalue weighted by Gasteiger charge is -2.38. The van der Waals surface area contributed by atoms with E-state index in [2.05, 4.69) is 47.4 Å². The fraction of sp³-hybridized carbons (Fsp3) is 0.870. The molecule has 0 aromatic rings. The van der Waals surface area contributed by atoms with E-state index in [0.717, 1.165) is 38.5 Å². The SMILES string of the molecule is C=CCCCC[C@H](CCC)N(CCO[Si](C)(C)C(C)(C)C)C(=O)OC(C)(C)C. The molecule has 0 aromatic carbocycles. The van der Waals surface area contributed by atoms with Gasteiger partial charge in [0.1, 0.15) is 5.60 Å². The molecule has 0 aromatic heterocycles. The third-order valence-electron chi connectivity index (χ3n) is 5.49. The molecule has 0 spiro atoms. The molecular formula is C23H47NO3Si. The molecule has 0 radical (unpaired) electrons. The van der Waals surface area contributed by atoms with Gasteiger partial charge in [0, 0.05) is 12.6 Å². The zero-order valence-electron chi connectivity index (χ0n) is 20.2. The summed E-state index contributed by atoms with van der Waals surface area (Å²) >= 11 is 0. The average Bonchev–Trinajstić information content (AvgIpc) is 2.52. The Morgan fingerprint density at radius 3 is 2.18 bits per heavy atom. The fourth-order valence-corrected chi connectivity index (χ4v) is 3.85. The number of carbonyl (C=O) groups is 1. The molecule has 0 saturated carbocycles. The van der Waals surface area contributed by atoms with Gasteiger partial charge in [-0.15, -0.1) is 6.58 Å². The first-order valence-electron chi connectivity index (χ1n) is 11.0. The van der Waals surface area contributed by atoms with Crippen molar-refractivity contribution < 1.29 is 14.0 Å². The minimum absolute atomic E-state index is 0.164. The minimum atomic E-state index is -1.83. The Bertz CT molecular complexity index is 463. The van der Waals surface area contributed by atoms with Crippen LogP contribution in [0.25, 0.3) is 0 Å². The first-order valence-corrected chi connectivity index (χ1v) is 13.9. The highest BCUT2D eigenvalue weighted by molar-refractivity contribution is 6.74. The summed E-state index contributed by atoms with van der Waals surface area (Å²) < 4.78 is 12.1. The highest BCUT2D eigenvalue weighted by Gasteiger charge is 2.37. The van der Waals surface area contributed by atoms with E-state index in [1.807, 2.05) is 31.7 Å². The topological polar surface area (TPSA) is 38.8 Å². The normalized spacial score (nSPS) is 13.9. The quantitative estimate of drug-likeness (QED) is 0.193. The molecule has 0 rings (SSSR count). The van der Waals surface area contributed by atoms with E-state index in [0.29, 0.717) is 13.2 Å². The molecule has 1 atom stereocenters. The van der Waals surface area contributed by atoms with E-state index in [1.165, 1.54) is 0 Å². The van der Waals surface area contributed by atoms with Gasteiger partial charge in [-0.25, -0.2) is 4.79 Å². The van der Waals surface area contributed by atoms with Gasteiger partial charge < -0.3 is 14.1 Å². The van der Waals surface area contributed by atoms with E-state index >= 15 is 0 Å². The third-order valence-corrected chi connectivity index (χ3v) is 10.0. The van der Waals surface area contributed by atoms with Crippen LogP contribution in [0, 0.1) is 0 Å².